The van der Waals surface area contributed by atoms with Crippen LogP contribution in [0.5, 0.6) is 0 Å². The number of rotatable bonds is 10. The van der Waals surface area contributed by atoms with Crippen molar-refractivity contribution in [3.63, 3.8) is 0 Å². The van der Waals surface area contributed by atoms with E-state index >= 15 is 0 Å². The summed E-state index contributed by atoms with van der Waals surface area (Å²) in [5.41, 5.74) is 17.6. The van der Waals surface area contributed by atoms with Gasteiger partial charge >= 0.3 is 0 Å². The Bertz CT molecular complexity index is 3190. The first kappa shape index (κ1) is 40.2. The summed E-state index contributed by atoms with van der Waals surface area (Å²) in [5, 5.41) is 0. The standard InChI is InChI=1S/C61H47N5/c1-61(2)56-40-54(64(49-20-10-4-11-21-49)50-22-12-5-13-23-50)36-38-58(56)66(52-26-16-7-17-27-52)59-39-37-55(41-57(59)61)65(51-24-14-6-15-25-51)53-34-32-45(33-35-53)44-28-30-46(31-29-44)48-42-62-60(63-43-48)47-18-8-3-9-19-47/h3-43H,1-2H3. The maximum atomic E-state index is 4.65. The molecule has 5 heteroatoms. The van der Waals surface area contributed by atoms with E-state index in [2.05, 4.69) is 245 Å². The Labute approximate surface area is 387 Å². The molecule has 1 aliphatic rings. The number of anilines is 9. The molecule has 1 aliphatic heterocycles. The predicted molar refractivity (Wildman–Crippen MR) is 275 cm³/mol. The van der Waals surface area contributed by atoms with Gasteiger partial charge in [-0.05, 0) is 125 Å². The molecule has 0 spiro atoms. The van der Waals surface area contributed by atoms with Crippen LogP contribution in [0.15, 0.2) is 249 Å². The molecule has 316 valence electrons. The minimum atomic E-state index is -0.366. The largest absolute Gasteiger partial charge is 0.310 e. The minimum absolute atomic E-state index is 0.366. The lowest BCUT2D eigenvalue weighted by Crippen LogP contribution is -2.31. The second-order valence-electron chi connectivity index (χ2n) is 17.2. The van der Waals surface area contributed by atoms with Crippen LogP contribution in [-0.4, -0.2) is 9.97 Å². The molecule has 0 bridgehead atoms. The summed E-state index contributed by atoms with van der Waals surface area (Å²) >= 11 is 0. The third-order valence-corrected chi connectivity index (χ3v) is 12.7. The van der Waals surface area contributed by atoms with Crippen molar-refractivity contribution >= 4 is 51.2 Å². The van der Waals surface area contributed by atoms with Gasteiger partial charge in [0.15, 0.2) is 5.82 Å². The highest BCUT2D eigenvalue weighted by atomic mass is 15.2. The summed E-state index contributed by atoms with van der Waals surface area (Å²) in [6.45, 7) is 4.74. The lowest BCUT2D eigenvalue weighted by molar-refractivity contribution is 0.632. The quantitative estimate of drug-likeness (QED) is 0.137. The van der Waals surface area contributed by atoms with Gasteiger partial charge < -0.3 is 14.7 Å². The molecule has 1 aromatic heterocycles. The molecule has 0 unspecified atom stereocenters. The summed E-state index contributed by atoms with van der Waals surface area (Å²) in [5.74, 6) is 0.725. The molecule has 66 heavy (non-hydrogen) atoms. The van der Waals surface area contributed by atoms with Crippen LogP contribution in [0.25, 0.3) is 33.6 Å². The molecule has 0 amide bonds. The number of hydrogen-bond acceptors (Lipinski definition) is 5. The van der Waals surface area contributed by atoms with Crippen molar-refractivity contribution in [3.8, 4) is 33.6 Å². The number of nitrogens with zero attached hydrogens (tertiary/aromatic N) is 5. The molecule has 5 nitrogen and oxygen atoms in total. The van der Waals surface area contributed by atoms with Gasteiger partial charge in [-0.15, -0.1) is 0 Å². The fourth-order valence-corrected chi connectivity index (χ4v) is 9.34. The first-order valence-electron chi connectivity index (χ1n) is 22.5. The van der Waals surface area contributed by atoms with Crippen LogP contribution in [0, 0.1) is 0 Å². The highest BCUT2D eigenvalue weighted by Gasteiger charge is 2.38. The smallest absolute Gasteiger partial charge is 0.159 e. The van der Waals surface area contributed by atoms with Crippen LogP contribution in [0.3, 0.4) is 0 Å². The number of benzene rings is 9. The maximum absolute atomic E-state index is 4.65. The summed E-state index contributed by atoms with van der Waals surface area (Å²) < 4.78 is 0. The number of fused-ring (bicyclic) bond motifs is 2. The minimum Gasteiger partial charge on any atom is -0.310 e. The number of para-hydroxylation sites is 4. The molecule has 0 radical (unpaired) electrons. The Balaban J connectivity index is 0.962. The summed E-state index contributed by atoms with van der Waals surface area (Å²) in [4.78, 5) is 16.5. The van der Waals surface area contributed by atoms with Crippen molar-refractivity contribution in [3.05, 3.63) is 260 Å². The Morgan fingerprint density at radius 3 is 1.12 bits per heavy atom. The summed E-state index contributed by atoms with van der Waals surface area (Å²) in [6.07, 6.45) is 3.81. The Hall–Kier alpha value is -8.54. The monoisotopic (exact) mass is 849 g/mol. The molecule has 0 saturated heterocycles. The topological polar surface area (TPSA) is 35.5 Å². The van der Waals surface area contributed by atoms with Crippen LogP contribution in [-0.2, 0) is 5.41 Å². The Morgan fingerprint density at radius 2 is 0.682 bits per heavy atom. The molecule has 0 atom stereocenters. The van der Waals surface area contributed by atoms with E-state index in [-0.39, 0.29) is 5.41 Å². The van der Waals surface area contributed by atoms with Crippen LogP contribution < -0.4 is 14.7 Å². The molecule has 11 rings (SSSR count). The van der Waals surface area contributed by atoms with Gasteiger partial charge in [-0.1, -0.05) is 153 Å². The van der Waals surface area contributed by atoms with Crippen molar-refractivity contribution in [1.82, 2.24) is 9.97 Å². The van der Waals surface area contributed by atoms with E-state index in [1.54, 1.807) is 0 Å². The normalized spacial score (nSPS) is 12.5. The summed E-state index contributed by atoms with van der Waals surface area (Å²) in [6, 6.07) is 84.3. The van der Waals surface area contributed by atoms with Gasteiger partial charge in [-0.25, -0.2) is 9.97 Å². The zero-order valence-electron chi connectivity index (χ0n) is 36.9. The van der Waals surface area contributed by atoms with Crippen molar-refractivity contribution in [2.45, 2.75) is 19.3 Å². The van der Waals surface area contributed by atoms with E-state index in [4.69, 9.17) is 0 Å². The van der Waals surface area contributed by atoms with Crippen LogP contribution in [0.1, 0.15) is 25.0 Å². The van der Waals surface area contributed by atoms with Gasteiger partial charge in [0.1, 0.15) is 0 Å². The molecule has 2 heterocycles. The summed E-state index contributed by atoms with van der Waals surface area (Å²) in [7, 11) is 0. The first-order valence-corrected chi connectivity index (χ1v) is 22.5. The SMILES string of the molecule is CC1(C)c2cc(N(c3ccccc3)c3ccccc3)ccc2N(c2ccccc2)c2ccc(N(c3ccccc3)c3ccc(-c4ccc(-c5cnc(-c6ccccc6)nc5)cc4)cc3)cc21. The van der Waals surface area contributed by atoms with Crippen molar-refractivity contribution in [2.75, 3.05) is 14.7 Å². The highest BCUT2D eigenvalue weighted by molar-refractivity contribution is 5.91. The number of aromatic nitrogens is 2. The van der Waals surface area contributed by atoms with E-state index in [1.165, 1.54) is 22.5 Å². The first-order chi connectivity index (χ1) is 32.5. The van der Waals surface area contributed by atoms with E-state index < -0.39 is 0 Å². The average molecular weight is 850 g/mol. The molecule has 0 fully saturated rings. The van der Waals surface area contributed by atoms with E-state index in [1.807, 2.05) is 42.7 Å². The highest BCUT2D eigenvalue weighted by Crippen LogP contribution is 2.54. The molecule has 9 aromatic carbocycles. The van der Waals surface area contributed by atoms with Crippen molar-refractivity contribution in [2.24, 2.45) is 0 Å². The molecule has 10 aromatic rings. The predicted octanol–water partition coefficient (Wildman–Crippen LogP) is 16.5. The molecule has 0 N–H and O–H groups in total. The lowest BCUT2D eigenvalue weighted by atomic mass is 9.73. The van der Waals surface area contributed by atoms with Crippen LogP contribution in [0.2, 0.25) is 0 Å². The van der Waals surface area contributed by atoms with Gasteiger partial charge in [0, 0.05) is 68.7 Å². The second-order valence-corrected chi connectivity index (χ2v) is 17.2. The zero-order valence-corrected chi connectivity index (χ0v) is 36.9. The van der Waals surface area contributed by atoms with Gasteiger partial charge in [0.25, 0.3) is 0 Å². The van der Waals surface area contributed by atoms with Crippen LogP contribution in [0.4, 0.5) is 51.2 Å². The van der Waals surface area contributed by atoms with Gasteiger partial charge in [-0.3, -0.25) is 0 Å². The molecule has 0 saturated carbocycles. The van der Waals surface area contributed by atoms with E-state index in [0.717, 1.165) is 73.5 Å². The van der Waals surface area contributed by atoms with Crippen molar-refractivity contribution < 1.29 is 0 Å². The molecular formula is C61H47N5. The molecular weight excluding hydrogens is 803 g/mol. The fraction of sp³-hybridized carbons (Fsp3) is 0.0492. The van der Waals surface area contributed by atoms with E-state index in [9.17, 15) is 0 Å². The van der Waals surface area contributed by atoms with E-state index in [0.29, 0.717) is 0 Å². The molecule has 0 aliphatic carbocycles. The third kappa shape index (κ3) is 7.56. The Morgan fingerprint density at radius 1 is 0.333 bits per heavy atom. The number of hydrogen-bond donors (Lipinski definition) is 0. The van der Waals surface area contributed by atoms with Gasteiger partial charge in [0.2, 0.25) is 0 Å². The van der Waals surface area contributed by atoms with Crippen molar-refractivity contribution in [1.29, 1.82) is 0 Å². The third-order valence-electron chi connectivity index (χ3n) is 12.7. The van der Waals surface area contributed by atoms with Gasteiger partial charge in [-0.2, -0.15) is 0 Å². The maximum Gasteiger partial charge on any atom is 0.159 e. The van der Waals surface area contributed by atoms with Gasteiger partial charge in [0.05, 0.1) is 11.4 Å². The zero-order chi connectivity index (χ0) is 44.5. The second kappa shape index (κ2) is 17.2. The lowest BCUT2D eigenvalue weighted by Gasteiger charge is -2.43. The average Bonchev–Trinajstić information content (AvgIpc) is 3.39. The van der Waals surface area contributed by atoms with Crippen LogP contribution >= 0.6 is 0 Å². The fourth-order valence-electron chi connectivity index (χ4n) is 9.34. The Kier molecular flexibility index (Phi) is 10.5.